The molecule has 0 radical (unpaired) electrons. The minimum atomic E-state index is -0.282. The summed E-state index contributed by atoms with van der Waals surface area (Å²) in [6.07, 6.45) is 0. The summed E-state index contributed by atoms with van der Waals surface area (Å²) in [5.41, 5.74) is 8.14. The van der Waals surface area contributed by atoms with E-state index < -0.39 is 0 Å². The number of halogens is 2. The SMILES string of the molecule is Cc1c(N)n[nH]c1-c1ccc(F)cc1Br. The van der Waals surface area contributed by atoms with Crippen LogP contribution in [0.1, 0.15) is 5.56 Å². The average Bonchev–Trinajstić information content (AvgIpc) is 2.49. The highest BCUT2D eigenvalue weighted by Crippen LogP contribution is 2.31. The molecule has 78 valence electrons. The summed E-state index contributed by atoms with van der Waals surface area (Å²) in [6, 6.07) is 4.49. The summed E-state index contributed by atoms with van der Waals surface area (Å²) < 4.78 is 13.6. The van der Waals surface area contributed by atoms with E-state index in [0.717, 1.165) is 16.8 Å². The van der Waals surface area contributed by atoms with Crippen molar-refractivity contribution in [3.05, 3.63) is 34.1 Å². The van der Waals surface area contributed by atoms with Gasteiger partial charge in [0.15, 0.2) is 0 Å². The number of H-pyrrole nitrogens is 1. The van der Waals surface area contributed by atoms with Gasteiger partial charge in [-0.2, -0.15) is 5.10 Å². The molecule has 1 heterocycles. The van der Waals surface area contributed by atoms with Gasteiger partial charge in [0.2, 0.25) is 0 Å². The number of nitrogens with zero attached hydrogens (tertiary/aromatic N) is 1. The Morgan fingerprint density at radius 3 is 2.73 bits per heavy atom. The predicted molar refractivity (Wildman–Crippen MR) is 60.8 cm³/mol. The molecule has 0 spiro atoms. The van der Waals surface area contributed by atoms with Crippen molar-refractivity contribution in [2.24, 2.45) is 0 Å². The highest BCUT2D eigenvalue weighted by molar-refractivity contribution is 9.10. The van der Waals surface area contributed by atoms with Crippen molar-refractivity contribution in [1.82, 2.24) is 10.2 Å². The Kier molecular flexibility index (Phi) is 2.48. The van der Waals surface area contributed by atoms with E-state index in [1.807, 2.05) is 6.92 Å². The summed E-state index contributed by atoms with van der Waals surface area (Å²) in [5, 5.41) is 6.72. The molecular formula is C10H9BrFN3. The average molecular weight is 270 g/mol. The fourth-order valence-electron chi connectivity index (χ4n) is 1.37. The number of rotatable bonds is 1. The van der Waals surface area contributed by atoms with Crippen molar-refractivity contribution >= 4 is 21.7 Å². The van der Waals surface area contributed by atoms with Gasteiger partial charge >= 0.3 is 0 Å². The smallest absolute Gasteiger partial charge is 0.148 e. The van der Waals surface area contributed by atoms with Crippen molar-refractivity contribution in [3.63, 3.8) is 0 Å². The molecule has 2 aromatic rings. The lowest BCUT2D eigenvalue weighted by Crippen LogP contribution is -1.87. The van der Waals surface area contributed by atoms with Gasteiger partial charge in [-0.05, 0) is 41.1 Å². The number of hydrogen-bond donors (Lipinski definition) is 2. The van der Waals surface area contributed by atoms with E-state index in [-0.39, 0.29) is 5.82 Å². The Balaban J connectivity index is 2.59. The molecule has 3 nitrogen and oxygen atoms in total. The normalized spacial score (nSPS) is 10.6. The maximum absolute atomic E-state index is 12.9. The number of nitrogens with two attached hydrogens (primary N) is 1. The second kappa shape index (κ2) is 3.66. The number of anilines is 1. The zero-order valence-electron chi connectivity index (χ0n) is 8.01. The minimum absolute atomic E-state index is 0.282. The zero-order chi connectivity index (χ0) is 11.0. The predicted octanol–water partition coefficient (Wildman–Crippen LogP) is 2.87. The van der Waals surface area contributed by atoms with Crippen LogP contribution in [-0.2, 0) is 0 Å². The highest BCUT2D eigenvalue weighted by atomic mass is 79.9. The second-order valence-electron chi connectivity index (χ2n) is 3.23. The van der Waals surface area contributed by atoms with Gasteiger partial charge in [0.25, 0.3) is 0 Å². The van der Waals surface area contributed by atoms with Crippen LogP contribution < -0.4 is 5.73 Å². The van der Waals surface area contributed by atoms with E-state index in [4.69, 9.17) is 5.73 Å². The number of hydrogen-bond acceptors (Lipinski definition) is 2. The first-order chi connectivity index (χ1) is 7.09. The van der Waals surface area contributed by atoms with Gasteiger partial charge in [-0.1, -0.05) is 0 Å². The van der Waals surface area contributed by atoms with Crippen LogP contribution >= 0.6 is 15.9 Å². The lowest BCUT2D eigenvalue weighted by molar-refractivity contribution is 0.627. The van der Waals surface area contributed by atoms with Crippen molar-refractivity contribution in [3.8, 4) is 11.3 Å². The molecule has 0 atom stereocenters. The first-order valence-electron chi connectivity index (χ1n) is 4.35. The third kappa shape index (κ3) is 1.74. The molecule has 5 heteroatoms. The third-order valence-corrected chi connectivity index (χ3v) is 2.90. The molecule has 0 amide bonds. The largest absolute Gasteiger partial charge is 0.382 e. The van der Waals surface area contributed by atoms with Crippen molar-refractivity contribution < 1.29 is 4.39 Å². The first kappa shape index (κ1) is 10.2. The van der Waals surface area contributed by atoms with Gasteiger partial charge in [0, 0.05) is 15.6 Å². The van der Waals surface area contributed by atoms with E-state index >= 15 is 0 Å². The molecule has 15 heavy (non-hydrogen) atoms. The van der Waals surface area contributed by atoms with Crippen molar-refractivity contribution in [1.29, 1.82) is 0 Å². The van der Waals surface area contributed by atoms with Crippen molar-refractivity contribution in [2.75, 3.05) is 5.73 Å². The minimum Gasteiger partial charge on any atom is -0.382 e. The maximum Gasteiger partial charge on any atom is 0.148 e. The van der Waals surface area contributed by atoms with E-state index in [0.29, 0.717) is 10.3 Å². The number of aromatic nitrogens is 2. The molecule has 0 unspecified atom stereocenters. The monoisotopic (exact) mass is 269 g/mol. The fraction of sp³-hybridized carbons (Fsp3) is 0.100. The van der Waals surface area contributed by atoms with Crippen LogP contribution in [0.4, 0.5) is 10.2 Å². The molecule has 0 aliphatic heterocycles. The molecule has 0 aliphatic rings. The van der Waals surface area contributed by atoms with E-state index in [1.54, 1.807) is 6.07 Å². The van der Waals surface area contributed by atoms with Gasteiger partial charge < -0.3 is 5.73 Å². The molecule has 2 rings (SSSR count). The summed E-state index contributed by atoms with van der Waals surface area (Å²) in [7, 11) is 0. The second-order valence-corrected chi connectivity index (χ2v) is 4.09. The summed E-state index contributed by atoms with van der Waals surface area (Å²) in [6.45, 7) is 1.87. The van der Waals surface area contributed by atoms with Gasteiger partial charge in [0.05, 0.1) is 5.69 Å². The summed E-state index contributed by atoms with van der Waals surface area (Å²) >= 11 is 3.30. The first-order valence-corrected chi connectivity index (χ1v) is 5.14. The summed E-state index contributed by atoms with van der Waals surface area (Å²) in [4.78, 5) is 0. The molecular weight excluding hydrogens is 261 g/mol. The Morgan fingerprint density at radius 2 is 2.20 bits per heavy atom. The van der Waals surface area contributed by atoms with Crippen LogP contribution in [0.25, 0.3) is 11.3 Å². The molecule has 1 aromatic heterocycles. The number of aromatic amines is 1. The summed E-state index contributed by atoms with van der Waals surface area (Å²) in [5.74, 6) is 0.178. The molecule has 1 aromatic carbocycles. The third-order valence-electron chi connectivity index (χ3n) is 2.25. The van der Waals surface area contributed by atoms with Gasteiger partial charge in [-0.15, -0.1) is 0 Å². The molecule has 3 N–H and O–H groups in total. The van der Waals surface area contributed by atoms with Crippen LogP contribution in [0.3, 0.4) is 0 Å². The lowest BCUT2D eigenvalue weighted by atomic mass is 10.1. The van der Waals surface area contributed by atoms with Gasteiger partial charge in [0.1, 0.15) is 11.6 Å². The standard InChI is InChI=1S/C10H9BrFN3/c1-5-9(14-15-10(5)13)7-3-2-6(12)4-8(7)11/h2-4H,1H3,(H3,13,14,15). The quantitative estimate of drug-likeness (QED) is 0.837. The highest BCUT2D eigenvalue weighted by Gasteiger charge is 2.11. The Labute approximate surface area is 94.6 Å². The van der Waals surface area contributed by atoms with Crippen LogP contribution in [0.2, 0.25) is 0 Å². The van der Waals surface area contributed by atoms with E-state index in [1.165, 1.54) is 12.1 Å². The number of nitrogens with one attached hydrogen (secondary N) is 1. The maximum atomic E-state index is 12.9. The Hall–Kier alpha value is -1.36. The fourth-order valence-corrected chi connectivity index (χ4v) is 1.92. The molecule has 0 bridgehead atoms. The van der Waals surface area contributed by atoms with Crippen LogP contribution in [0, 0.1) is 12.7 Å². The molecule has 0 aliphatic carbocycles. The van der Waals surface area contributed by atoms with E-state index in [2.05, 4.69) is 26.1 Å². The number of benzene rings is 1. The van der Waals surface area contributed by atoms with Gasteiger partial charge in [-0.3, -0.25) is 5.10 Å². The Bertz CT molecular complexity index is 507. The Morgan fingerprint density at radius 1 is 1.47 bits per heavy atom. The topological polar surface area (TPSA) is 54.7 Å². The van der Waals surface area contributed by atoms with Crippen molar-refractivity contribution in [2.45, 2.75) is 6.92 Å². The van der Waals surface area contributed by atoms with Crippen LogP contribution in [0.5, 0.6) is 0 Å². The van der Waals surface area contributed by atoms with Gasteiger partial charge in [-0.25, -0.2) is 4.39 Å². The van der Waals surface area contributed by atoms with Crippen LogP contribution in [-0.4, -0.2) is 10.2 Å². The molecule has 0 fully saturated rings. The molecule has 0 saturated carbocycles. The van der Waals surface area contributed by atoms with Crippen LogP contribution in [0.15, 0.2) is 22.7 Å². The zero-order valence-corrected chi connectivity index (χ0v) is 9.60. The lowest BCUT2D eigenvalue weighted by Gasteiger charge is -2.03. The van der Waals surface area contributed by atoms with E-state index in [9.17, 15) is 4.39 Å². The molecule has 0 saturated heterocycles. The number of nitrogen functional groups attached to an aromatic ring is 1.